The average molecular weight is 396 g/mol. The van der Waals surface area contributed by atoms with Gasteiger partial charge in [0.15, 0.2) is 0 Å². The number of benzene rings is 2. The Kier molecular flexibility index (Phi) is 7.91. The molecule has 154 valence electrons. The van der Waals surface area contributed by atoms with Crippen molar-refractivity contribution in [3.8, 4) is 0 Å². The zero-order valence-electron chi connectivity index (χ0n) is 17.3. The number of rotatable bonds is 8. The number of nitrogens with zero attached hydrogens (tertiary/aromatic N) is 1. The van der Waals surface area contributed by atoms with Crippen LogP contribution in [0.3, 0.4) is 0 Å². The lowest BCUT2D eigenvalue weighted by Crippen LogP contribution is -2.38. The van der Waals surface area contributed by atoms with E-state index in [1.54, 1.807) is 29.2 Å². The van der Waals surface area contributed by atoms with Crippen molar-refractivity contribution in [2.45, 2.75) is 27.7 Å². The number of hydrogen-bond donors (Lipinski definition) is 3. The Morgan fingerprint density at radius 1 is 0.759 bits per heavy atom. The molecule has 29 heavy (non-hydrogen) atoms. The van der Waals surface area contributed by atoms with E-state index in [0.29, 0.717) is 17.9 Å². The lowest BCUT2D eigenvalue weighted by Gasteiger charge is -2.19. The van der Waals surface area contributed by atoms with Crippen molar-refractivity contribution < 1.29 is 14.4 Å². The van der Waals surface area contributed by atoms with Crippen molar-refractivity contribution in [2.24, 2.45) is 0 Å². The molecule has 0 radical (unpaired) electrons. The van der Waals surface area contributed by atoms with Crippen LogP contribution in [0, 0.1) is 13.8 Å². The van der Waals surface area contributed by atoms with E-state index in [0.717, 1.165) is 16.8 Å². The van der Waals surface area contributed by atoms with Crippen LogP contribution in [0.2, 0.25) is 0 Å². The Bertz CT molecular complexity index is 858. The largest absolute Gasteiger partial charge is 0.326 e. The van der Waals surface area contributed by atoms with Gasteiger partial charge in [-0.15, -0.1) is 0 Å². The monoisotopic (exact) mass is 396 g/mol. The van der Waals surface area contributed by atoms with Crippen LogP contribution in [0.5, 0.6) is 0 Å². The molecule has 7 nitrogen and oxygen atoms in total. The van der Waals surface area contributed by atoms with E-state index in [2.05, 4.69) is 16.0 Å². The quantitative estimate of drug-likeness (QED) is 0.639. The molecule has 0 saturated carbocycles. The molecule has 2 rings (SSSR count). The molecule has 0 bridgehead atoms. The van der Waals surface area contributed by atoms with Crippen LogP contribution in [0.1, 0.15) is 25.0 Å². The van der Waals surface area contributed by atoms with Gasteiger partial charge >= 0.3 is 0 Å². The molecule has 2 aromatic rings. The van der Waals surface area contributed by atoms with Gasteiger partial charge in [0.05, 0.1) is 13.1 Å². The van der Waals surface area contributed by atoms with Crippen LogP contribution in [-0.4, -0.2) is 42.3 Å². The van der Waals surface area contributed by atoms with Crippen molar-refractivity contribution in [2.75, 3.05) is 35.6 Å². The third-order valence-corrected chi connectivity index (χ3v) is 4.18. The molecule has 0 aliphatic heterocycles. The standard InChI is InChI=1S/C22H28N4O3/c1-5-26(14-22(29)25-20-11-15(2)10-16(3)12-20)13-21(28)24-19-8-6-18(7-9-19)23-17(4)27/h6-12H,5,13-14H2,1-4H3,(H,23,27)(H,24,28)(H,25,29). The predicted octanol–water partition coefficient (Wildman–Crippen LogP) is 3.16. The van der Waals surface area contributed by atoms with Gasteiger partial charge in [0.25, 0.3) is 0 Å². The Morgan fingerprint density at radius 2 is 1.21 bits per heavy atom. The van der Waals surface area contributed by atoms with Gasteiger partial charge in [-0.2, -0.15) is 0 Å². The second-order valence-corrected chi connectivity index (χ2v) is 7.03. The van der Waals surface area contributed by atoms with E-state index in [1.165, 1.54) is 6.92 Å². The number of aryl methyl sites for hydroxylation is 2. The van der Waals surface area contributed by atoms with Gasteiger partial charge in [0, 0.05) is 24.0 Å². The fraction of sp³-hybridized carbons (Fsp3) is 0.318. The van der Waals surface area contributed by atoms with E-state index in [1.807, 2.05) is 39.0 Å². The third kappa shape index (κ3) is 7.75. The van der Waals surface area contributed by atoms with Crippen LogP contribution in [0.15, 0.2) is 42.5 Å². The highest BCUT2D eigenvalue weighted by atomic mass is 16.2. The summed E-state index contributed by atoms with van der Waals surface area (Å²) in [6, 6.07) is 12.7. The highest BCUT2D eigenvalue weighted by Crippen LogP contribution is 2.15. The summed E-state index contributed by atoms with van der Waals surface area (Å²) in [5, 5.41) is 8.36. The Hall–Kier alpha value is -3.19. The molecule has 0 unspecified atom stereocenters. The van der Waals surface area contributed by atoms with Crippen molar-refractivity contribution >= 4 is 34.8 Å². The molecule has 3 amide bonds. The van der Waals surface area contributed by atoms with Gasteiger partial charge in [-0.25, -0.2) is 0 Å². The van der Waals surface area contributed by atoms with Gasteiger partial charge in [-0.05, 0) is 67.9 Å². The van der Waals surface area contributed by atoms with E-state index < -0.39 is 0 Å². The number of carbonyl (C=O) groups is 3. The van der Waals surface area contributed by atoms with E-state index in [4.69, 9.17) is 0 Å². The summed E-state index contributed by atoms with van der Waals surface area (Å²) in [5.74, 6) is -0.526. The number of anilines is 3. The molecule has 0 spiro atoms. The topological polar surface area (TPSA) is 90.5 Å². The summed E-state index contributed by atoms with van der Waals surface area (Å²) < 4.78 is 0. The molecule has 0 aliphatic rings. The fourth-order valence-electron chi connectivity index (χ4n) is 2.97. The molecular weight excluding hydrogens is 368 g/mol. The van der Waals surface area contributed by atoms with E-state index >= 15 is 0 Å². The predicted molar refractivity (Wildman–Crippen MR) is 116 cm³/mol. The van der Waals surface area contributed by atoms with E-state index in [9.17, 15) is 14.4 Å². The maximum Gasteiger partial charge on any atom is 0.238 e. The first-order valence-corrected chi connectivity index (χ1v) is 9.53. The maximum absolute atomic E-state index is 12.4. The van der Waals surface area contributed by atoms with Crippen LogP contribution in [0.25, 0.3) is 0 Å². The van der Waals surface area contributed by atoms with Crippen molar-refractivity contribution in [1.82, 2.24) is 4.90 Å². The first kappa shape index (κ1) is 22.1. The molecule has 7 heteroatoms. The van der Waals surface area contributed by atoms with Crippen molar-refractivity contribution in [3.05, 3.63) is 53.6 Å². The molecule has 3 N–H and O–H groups in total. The molecule has 0 heterocycles. The minimum Gasteiger partial charge on any atom is -0.326 e. The SMILES string of the molecule is CCN(CC(=O)Nc1ccc(NC(C)=O)cc1)CC(=O)Nc1cc(C)cc(C)c1. The number of likely N-dealkylation sites (N-methyl/N-ethyl adjacent to an activating group) is 1. The third-order valence-electron chi connectivity index (χ3n) is 4.18. The highest BCUT2D eigenvalue weighted by Gasteiger charge is 2.14. The second-order valence-electron chi connectivity index (χ2n) is 7.03. The van der Waals surface area contributed by atoms with Crippen molar-refractivity contribution in [1.29, 1.82) is 0 Å². The van der Waals surface area contributed by atoms with Gasteiger partial charge in [-0.1, -0.05) is 13.0 Å². The Labute approximate surface area is 171 Å². The first-order valence-electron chi connectivity index (χ1n) is 9.53. The smallest absolute Gasteiger partial charge is 0.238 e. The van der Waals surface area contributed by atoms with Crippen LogP contribution < -0.4 is 16.0 Å². The lowest BCUT2D eigenvalue weighted by atomic mass is 10.1. The summed E-state index contributed by atoms with van der Waals surface area (Å²) in [4.78, 5) is 37.5. The molecule has 0 fully saturated rings. The summed E-state index contributed by atoms with van der Waals surface area (Å²) >= 11 is 0. The maximum atomic E-state index is 12.4. The molecular formula is C22H28N4O3. The molecule has 0 atom stereocenters. The molecule has 2 aromatic carbocycles. The van der Waals surface area contributed by atoms with Crippen LogP contribution in [0.4, 0.5) is 17.1 Å². The zero-order valence-corrected chi connectivity index (χ0v) is 17.3. The lowest BCUT2D eigenvalue weighted by molar-refractivity contribution is -0.120. The van der Waals surface area contributed by atoms with Crippen LogP contribution >= 0.6 is 0 Å². The normalized spacial score (nSPS) is 10.5. The zero-order chi connectivity index (χ0) is 21.4. The summed E-state index contributed by atoms with van der Waals surface area (Å²) in [6.07, 6.45) is 0. The first-order chi connectivity index (χ1) is 13.7. The number of amides is 3. The molecule has 0 aliphatic carbocycles. The van der Waals surface area contributed by atoms with Gasteiger partial charge in [-0.3, -0.25) is 19.3 Å². The van der Waals surface area contributed by atoms with Gasteiger partial charge in [0.2, 0.25) is 17.7 Å². The Morgan fingerprint density at radius 3 is 1.66 bits per heavy atom. The van der Waals surface area contributed by atoms with Gasteiger partial charge in [0.1, 0.15) is 0 Å². The highest BCUT2D eigenvalue weighted by molar-refractivity contribution is 5.95. The fourth-order valence-corrected chi connectivity index (χ4v) is 2.97. The number of nitrogens with one attached hydrogen (secondary N) is 3. The average Bonchev–Trinajstić information content (AvgIpc) is 2.61. The summed E-state index contributed by atoms with van der Waals surface area (Å²) in [7, 11) is 0. The minimum absolute atomic E-state index is 0.101. The van der Waals surface area contributed by atoms with E-state index in [-0.39, 0.29) is 30.8 Å². The number of hydrogen-bond acceptors (Lipinski definition) is 4. The summed E-state index contributed by atoms with van der Waals surface area (Å²) in [6.45, 7) is 8.09. The minimum atomic E-state index is -0.210. The molecule has 0 saturated heterocycles. The van der Waals surface area contributed by atoms with Gasteiger partial charge < -0.3 is 16.0 Å². The van der Waals surface area contributed by atoms with Crippen molar-refractivity contribution in [3.63, 3.8) is 0 Å². The Balaban J connectivity index is 1.87. The van der Waals surface area contributed by atoms with Crippen LogP contribution in [-0.2, 0) is 14.4 Å². The summed E-state index contributed by atoms with van der Waals surface area (Å²) in [5.41, 5.74) is 4.20. The number of carbonyl (C=O) groups excluding carboxylic acids is 3. The molecule has 0 aromatic heterocycles. The second kappa shape index (κ2) is 10.4.